The lowest BCUT2D eigenvalue weighted by molar-refractivity contribution is 1.22. The van der Waals surface area contributed by atoms with Gasteiger partial charge in [0, 0.05) is 11.0 Å². The van der Waals surface area contributed by atoms with Crippen LogP contribution in [0.4, 0.5) is 5.69 Å². The van der Waals surface area contributed by atoms with Crippen LogP contribution in [-0.2, 0) is 0 Å². The van der Waals surface area contributed by atoms with Gasteiger partial charge >= 0.3 is 0 Å². The van der Waals surface area contributed by atoms with E-state index in [1.807, 2.05) is 25.1 Å². The van der Waals surface area contributed by atoms with Crippen molar-refractivity contribution < 1.29 is 0 Å². The second-order valence-corrected chi connectivity index (χ2v) is 4.26. The summed E-state index contributed by atoms with van der Waals surface area (Å²) in [6.07, 6.45) is 0. The van der Waals surface area contributed by atoms with Gasteiger partial charge in [0.2, 0.25) is 0 Å². The van der Waals surface area contributed by atoms with Gasteiger partial charge in [0.1, 0.15) is 0 Å². The minimum atomic E-state index is 0.726. The van der Waals surface area contributed by atoms with Crippen molar-refractivity contribution in [2.24, 2.45) is 0 Å². The van der Waals surface area contributed by atoms with E-state index in [2.05, 4.69) is 27.8 Å². The van der Waals surface area contributed by atoms with Crippen molar-refractivity contribution in [3.05, 3.63) is 39.8 Å². The summed E-state index contributed by atoms with van der Waals surface area (Å²) in [5.74, 6) is 0. The summed E-state index contributed by atoms with van der Waals surface area (Å²) in [6, 6.07) is 5.71. The Bertz CT molecular complexity index is 323. The lowest BCUT2D eigenvalue weighted by Gasteiger charge is -2.08. The van der Waals surface area contributed by atoms with E-state index in [1.54, 1.807) is 0 Å². The predicted octanol–water partition coefficient (Wildman–Crippen LogP) is 4.09. The van der Waals surface area contributed by atoms with E-state index in [1.165, 1.54) is 0 Å². The van der Waals surface area contributed by atoms with Gasteiger partial charge in [-0.3, -0.25) is 0 Å². The second kappa shape index (κ2) is 4.68. The molecule has 0 heterocycles. The fourth-order valence-corrected chi connectivity index (χ4v) is 1.42. The molecule has 3 heteroatoms. The van der Waals surface area contributed by atoms with Gasteiger partial charge in [-0.25, -0.2) is 0 Å². The average Bonchev–Trinajstić information content (AvgIpc) is 2.06. The number of hydrogen-bond donors (Lipinski definition) is 1. The van der Waals surface area contributed by atoms with E-state index in [4.69, 9.17) is 11.6 Å². The highest BCUT2D eigenvalue weighted by molar-refractivity contribution is 9.10. The van der Waals surface area contributed by atoms with Gasteiger partial charge in [-0.05, 0) is 25.1 Å². The quantitative estimate of drug-likeness (QED) is 0.807. The van der Waals surface area contributed by atoms with Gasteiger partial charge in [0.15, 0.2) is 0 Å². The van der Waals surface area contributed by atoms with E-state index >= 15 is 0 Å². The van der Waals surface area contributed by atoms with Gasteiger partial charge in [-0.1, -0.05) is 39.7 Å². The Kier molecular flexibility index (Phi) is 3.82. The normalized spacial score (nSPS) is 9.77. The summed E-state index contributed by atoms with van der Waals surface area (Å²) in [5, 5.41) is 3.92. The summed E-state index contributed by atoms with van der Waals surface area (Å²) in [4.78, 5) is 0. The third-order valence-corrected chi connectivity index (χ3v) is 2.33. The molecule has 0 spiro atoms. The van der Waals surface area contributed by atoms with Gasteiger partial charge in [-0.15, -0.1) is 0 Å². The van der Waals surface area contributed by atoms with Crippen LogP contribution in [0.1, 0.15) is 6.92 Å². The number of hydrogen-bond acceptors (Lipinski definition) is 1. The molecule has 0 saturated heterocycles. The molecule has 0 bridgehead atoms. The van der Waals surface area contributed by atoms with Crippen molar-refractivity contribution in [3.8, 4) is 0 Å². The van der Waals surface area contributed by atoms with Crippen molar-refractivity contribution in [2.45, 2.75) is 6.92 Å². The molecule has 1 aromatic carbocycles. The van der Waals surface area contributed by atoms with Crippen LogP contribution in [0.5, 0.6) is 0 Å². The van der Waals surface area contributed by atoms with Crippen molar-refractivity contribution >= 4 is 33.2 Å². The summed E-state index contributed by atoms with van der Waals surface area (Å²) in [7, 11) is 0. The summed E-state index contributed by atoms with van der Waals surface area (Å²) >= 11 is 9.35. The summed E-state index contributed by atoms with van der Waals surface area (Å²) in [6.45, 7) is 6.52. The molecule has 0 aliphatic rings. The molecule has 0 aromatic heterocycles. The topological polar surface area (TPSA) is 12.0 Å². The molecule has 1 aromatic rings. The number of halogens is 2. The lowest BCUT2D eigenvalue weighted by atomic mass is 10.3. The SMILES string of the molecule is C=C(C)CNc1cc(Br)ccc1Cl. The van der Waals surface area contributed by atoms with E-state index < -0.39 is 0 Å². The zero-order valence-electron chi connectivity index (χ0n) is 7.40. The van der Waals surface area contributed by atoms with Gasteiger partial charge in [0.25, 0.3) is 0 Å². The highest BCUT2D eigenvalue weighted by Gasteiger charge is 1.99. The van der Waals surface area contributed by atoms with E-state index in [-0.39, 0.29) is 0 Å². The third-order valence-electron chi connectivity index (χ3n) is 1.51. The highest BCUT2D eigenvalue weighted by atomic mass is 79.9. The molecule has 0 fully saturated rings. The standard InChI is InChI=1S/C10H11BrClN/c1-7(2)6-13-10-5-8(11)3-4-9(10)12/h3-5,13H,1,6H2,2H3. The Morgan fingerprint density at radius 1 is 1.62 bits per heavy atom. The summed E-state index contributed by atoms with van der Waals surface area (Å²) < 4.78 is 1.01. The lowest BCUT2D eigenvalue weighted by Crippen LogP contribution is -2.02. The van der Waals surface area contributed by atoms with E-state index in [0.717, 1.165) is 27.3 Å². The maximum atomic E-state index is 5.97. The van der Waals surface area contributed by atoms with Gasteiger partial charge in [-0.2, -0.15) is 0 Å². The van der Waals surface area contributed by atoms with E-state index in [0.29, 0.717) is 0 Å². The molecule has 13 heavy (non-hydrogen) atoms. The Labute approximate surface area is 91.9 Å². The van der Waals surface area contributed by atoms with Crippen LogP contribution in [0, 0.1) is 0 Å². The van der Waals surface area contributed by atoms with Crippen LogP contribution in [0.2, 0.25) is 5.02 Å². The molecule has 0 atom stereocenters. The van der Waals surface area contributed by atoms with Crippen molar-refractivity contribution in [1.82, 2.24) is 0 Å². The minimum absolute atomic E-state index is 0.726. The van der Waals surface area contributed by atoms with Crippen molar-refractivity contribution in [1.29, 1.82) is 0 Å². The first kappa shape index (κ1) is 10.6. The number of rotatable bonds is 3. The zero-order valence-corrected chi connectivity index (χ0v) is 9.74. The minimum Gasteiger partial charge on any atom is -0.380 e. The molecule has 0 unspecified atom stereocenters. The average molecular weight is 261 g/mol. The molecule has 1 N–H and O–H groups in total. The first-order valence-corrected chi connectivity index (χ1v) is 5.10. The molecular formula is C10H11BrClN. The van der Waals surface area contributed by atoms with Gasteiger partial charge < -0.3 is 5.32 Å². The van der Waals surface area contributed by atoms with Crippen LogP contribution in [-0.4, -0.2) is 6.54 Å². The van der Waals surface area contributed by atoms with Crippen LogP contribution in [0.15, 0.2) is 34.8 Å². The number of nitrogens with one attached hydrogen (secondary N) is 1. The van der Waals surface area contributed by atoms with E-state index in [9.17, 15) is 0 Å². The predicted molar refractivity (Wildman–Crippen MR) is 62.5 cm³/mol. The smallest absolute Gasteiger partial charge is 0.0638 e. The molecule has 0 aliphatic heterocycles. The molecule has 0 aliphatic carbocycles. The maximum absolute atomic E-state index is 5.97. The highest BCUT2D eigenvalue weighted by Crippen LogP contribution is 2.25. The monoisotopic (exact) mass is 259 g/mol. The molecule has 0 saturated carbocycles. The maximum Gasteiger partial charge on any atom is 0.0638 e. The van der Waals surface area contributed by atoms with Crippen LogP contribution < -0.4 is 5.32 Å². The molecule has 1 nitrogen and oxygen atoms in total. The molecule has 1 rings (SSSR count). The van der Waals surface area contributed by atoms with Crippen LogP contribution >= 0.6 is 27.5 Å². The zero-order chi connectivity index (χ0) is 9.84. The molecule has 70 valence electrons. The number of benzene rings is 1. The summed E-state index contributed by atoms with van der Waals surface area (Å²) in [5.41, 5.74) is 2.01. The largest absolute Gasteiger partial charge is 0.380 e. The van der Waals surface area contributed by atoms with Crippen molar-refractivity contribution in [2.75, 3.05) is 11.9 Å². The Balaban J connectivity index is 2.75. The first-order chi connectivity index (χ1) is 6.09. The fraction of sp³-hybridized carbons (Fsp3) is 0.200. The second-order valence-electron chi connectivity index (χ2n) is 2.93. The fourth-order valence-electron chi connectivity index (χ4n) is 0.879. The number of anilines is 1. The van der Waals surface area contributed by atoms with Crippen LogP contribution in [0.25, 0.3) is 0 Å². The molecular weight excluding hydrogens is 249 g/mol. The van der Waals surface area contributed by atoms with Crippen LogP contribution in [0.3, 0.4) is 0 Å². The third kappa shape index (κ3) is 3.41. The van der Waals surface area contributed by atoms with Crippen molar-refractivity contribution in [3.63, 3.8) is 0 Å². The van der Waals surface area contributed by atoms with Gasteiger partial charge in [0.05, 0.1) is 10.7 Å². The molecule has 0 radical (unpaired) electrons. The Morgan fingerprint density at radius 3 is 2.92 bits per heavy atom. The Morgan fingerprint density at radius 2 is 2.31 bits per heavy atom. The first-order valence-electron chi connectivity index (χ1n) is 3.93. The Hall–Kier alpha value is -0.470. The molecule has 0 amide bonds.